The van der Waals surface area contributed by atoms with Crippen LogP contribution in [0.4, 0.5) is 10.5 Å². The molecule has 1 aliphatic heterocycles. The van der Waals surface area contributed by atoms with Gasteiger partial charge in [0.15, 0.2) is 0 Å². The number of anilines is 1. The molecule has 0 aliphatic carbocycles. The molecule has 0 spiro atoms. The molecular formula is C25H26N2O3. The summed E-state index contributed by atoms with van der Waals surface area (Å²) >= 11 is 0. The smallest absolute Gasteiger partial charge is 0.410 e. The maximum absolute atomic E-state index is 12.6. The Morgan fingerprint density at radius 3 is 2.07 bits per heavy atom. The average Bonchev–Trinajstić information content (AvgIpc) is 3.19. The van der Waals surface area contributed by atoms with Gasteiger partial charge < -0.3 is 19.6 Å². The van der Waals surface area contributed by atoms with E-state index in [2.05, 4.69) is 17.0 Å². The Kier molecular flexibility index (Phi) is 6.30. The second-order valence-corrected chi connectivity index (χ2v) is 7.53. The van der Waals surface area contributed by atoms with Crippen LogP contribution in [0.5, 0.6) is 0 Å². The van der Waals surface area contributed by atoms with E-state index >= 15 is 0 Å². The van der Waals surface area contributed by atoms with Crippen molar-refractivity contribution in [1.29, 1.82) is 0 Å². The third-order valence-electron chi connectivity index (χ3n) is 5.41. The molecule has 0 radical (unpaired) electrons. The zero-order chi connectivity index (χ0) is 20.8. The minimum Gasteiger partial charge on any atom is -0.445 e. The number of carbonyl (C=O) groups excluding carboxylic acids is 1. The summed E-state index contributed by atoms with van der Waals surface area (Å²) in [7, 11) is 0. The van der Waals surface area contributed by atoms with Gasteiger partial charge in [-0.15, -0.1) is 0 Å². The molecule has 0 bridgehead atoms. The van der Waals surface area contributed by atoms with Crippen molar-refractivity contribution >= 4 is 11.8 Å². The molecule has 1 saturated heterocycles. The van der Waals surface area contributed by atoms with Crippen LogP contribution in [0.25, 0.3) is 0 Å². The Morgan fingerprint density at radius 1 is 0.867 bits per heavy atom. The molecule has 5 heteroatoms. The monoisotopic (exact) mass is 402 g/mol. The molecule has 3 aromatic carbocycles. The third-order valence-corrected chi connectivity index (χ3v) is 5.41. The van der Waals surface area contributed by atoms with E-state index in [0.717, 1.165) is 16.8 Å². The number of carbonyl (C=O) groups is 1. The lowest BCUT2D eigenvalue weighted by atomic mass is 10.1. The fourth-order valence-corrected chi connectivity index (χ4v) is 3.84. The van der Waals surface area contributed by atoms with Crippen LogP contribution < -0.4 is 4.90 Å². The minimum atomic E-state index is -0.654. The molecule has 1 heterocycles. The largest absolute Gasteiger partial charge is 0.445 e. The van der Waals surface area contributed by atoms with Gasteiger partial charge in [-0.1, -0.05) is 78.9 Å². The molecule has 0 aromatic heterocycles. The van der Waals surface area contributed by atoms with Crippen LogP contribution in [0.1, 0.15) is 11.1 Å². The molecule has 0 unspecified atom stereocenters. The highest BCUT2D eigenvalue weighted by molar-refractivity contribution is 5.68. The van der Waals surface area contributed by atoms with Gasteiger partial charge >= 0.3 is 6.09 Å². The molecule has 4 rings (SSSR count). The summed E-state index contributed by atoms with van der Waals surface area (Å²) in [6.45, 7) is 1.55. The van der Waals surface area contributed by atoms with Gasteiger partial charge in [-0.3, -0.25) is 0 Å². The highest BCUT2D eigenvalue weighted by Gasteiger charge is 2.38. The van der Waals surface area contributed by atoms with Crippen LogP contribution in [0.2, 0.25) is 0 Å². The molecule has 3 aromatic rings. The number of rotatable bonds is 6. The normalized spacial score (nSPS) is 18.2. The van der Waals surface area contributed by atoms with Crippen LogP contribution in [0, 0.1) is 0 Å². The Bertz CT molecular complexity index is 934. The third kappa shape index (κ3) is 4.81. The number of benzene rings is 3. The van der Waals surface area contributed by atoms with Crippen molar-refractivity contribution in [3.05, 3.63) is 102 Å². The number of hydrogen-bond donors (Lipinski definition) is 1. The van der Waals surface area contributed by atoms with Gasteiger partial charge in [0.1, 0.15) is 6.61 Å². The van der Waals surface area contributed by atoms with E-state index in [4.69, 9.17) is 4.74 Å². The number of para-hydroxylation sites is 1. The Labute approximate surface area is 177 Å². The maximum atomic E-state index is 12.6. The number of nitrogens with zero attached hydrogens (tertiary/aromatic N) is 2. The highest BCUT2D eigenvalue weighted by Crippen LogP contribution is 2.26. The van der Waals surface area contributed by atoms with Gasteiger partial charge in [-0.2, -0.15) is 0 Å². The van der Waals surface area contributed by atoms with Crippen LogP contribution in [0.15, 0.2) is 91.0 Å². The van der Waals surface area contributed by atoms with Crippen LogP contribution >= 0.6 is 0 Å². The fourth-order valence-electron chi connectivity index (χ4n) is 3.84. The number of likely N-dealkylation sites (tertiary alicyclic amines) is 1. The second kappa shape index (κ2) is 9.46. The number of ether oxygens (including phenoxy) is 1. The Balaban J connectivity index is 1.46. The topological polar surface area (TPSA) is 53.0 Å². The molecule has 1 N–H and O–H groups in total. The van der Waals surface area contributed by atoms with E-state index in [1.165, 1.54) is 0 Å². The van der Waals surface area contributed by atoms with E-state index in [-0.39, 0.29) is 19.2 Å². The first-order chi connectivity index (χ1) is 14.7. The number of hydrogen-bond acceptors (Lipinski definition) is 4. The first kappa shape index (κ1) is 20.0. The van der Waals surface area contributed by atoms with Crippen molar-refractivity contribution in [2.75, 3.05) is 18.0 Å². The maximum Gasteiger partial charge on any atom is 0.410 e. The van der Waals surface area contributed by atoms with Crippen molar-refractivity contribution in [3.8, 4) is 0 Å². The zero-order valence-corrected chi connectivity index (χ0v) is 16.8. The molecule has 1 aliphatic rings. The van der Waals surface area contributed by atoms with Crippen LogP contribution in [-0.2, 0) is 17.9 Å². The van der Waals surface area contributed by atoms with E-state index in [0.29, 0.717) is 13.1 Å². The van der Waals surface area contributed by atoms with Crippen LogP contribution in [0.3, 0.4) is 0 Å². The van der Waals surface area contributed by atoms with Gasteiger partial charge in [0.05, 0.1) is 18.7 Å². The van der Waals surface area contributed by atoms with Crippen molar-refractivity contribution in [2.45, 2.75) is 25.3 Å². The van der Waals surface area contributed by atoms with Gasteiger partial charge in [0.25, 0.3) is 0 Å². The van der Waals surface area contributed by atoms with Gasteiger partial charge in [-0.25, -0.2) is 4.79 Å². The number of β-amino-alcohol motifs (C(OH)–C–C–N with tert-alkyl or cyclic N) is 1. The molecule has 1 amide bonds. The summed E-state index contributed by atoms with van der Waals surface area (Å²) in [4.78, 5) is 16.4. The quantitative estimate of drug-likeness (QED) is 0.675. The summed E-state index contributed by atoms with van der Waals surface area (Å²) < 4.78 is 5.47. The van der Waals surface area contributed by atoms with Crippen molar-refractivity contribution in [3.63, 3.8) is 0 Å². The molecular weight excluding hydrogens is 376 g/mol. The van der Waals surface area contributed by atoms with Gasteiger partial charge in [0.2, 0.25) is 0 Å². The molecule has 0 saturated carbocycles. The molecule has 5 nitrogen and oxygen atoms in total. The number of aliphatic hydroxyl groups is 1. The lowest BCUT2D eigenvalue weighted by Crippen LogP contribution is -2.43. The van der Waals surface area contributed by atoms with Crippen LogP contribution in [-0.4, -0.2) is 41.3 Å². The molecule has 30 heavy (non-hydrogen) atoms. The van der Waals surface area contributed by atoms with E-state index in [9.17, 15) is 9.90 Å². The number of aliphatic hydroxyl groups excluding tert-OH is 1. The predicted molar refractivity (Wildman–Crippen MR) is 117 cm³/mol. The lowest BCUT2D eigenvalue weighted by molar-refractivity contribution is 0.0970. The zero-order valence-electron chi connectivity index (χ0n) is 16.8. The van der Waals surface area contributed by atoms with Gasteiger partial charge in [0, 0.05) is 18.8 Å². The first-order valence-corrected chi connectivity index (χ1v) is 10.2. The molecule has 1 fully saturated rings. The highest BCUT2D eigenvalue weighted by atomic mass is 16.6. The van der Waals surface area contributed by atoms with Crippen molar-refractivity contribution in [1.82, 2.24) is 4.90 Å². The summed E-state index contributed by atoms with van der Waals surface area (Å²) in [5, 5.41) is 10.8. The first-order valence-electron chi connectivity index (χ1n) is 10.2. The summed E-state index contributed by atoms with van der Waals surface area (Å²) in [5.41, 5.74) is 3.11. The second-order valence-electron chi connectivity index (χ2n) is 7.53. The van der Waals surface area contributed by atoms with Gasteiger partial charge in [-0.05, 0) is 23.3 Å². The summed E-state index contributed by atoms with van der Waals surface area (Å²) in [6, 6.07) is 29.6. The Hall–Kier alpha value is -3.31. The lowest BCUT2D eigenvalue weighted by Gasteiger charge is -2.33. The predicted octanol–water partition coefficient (Wildman–Crippen LogP) is 4.08. The van der Waals surface area contributed by atoms with E-state index < -0.39 is 12.2 Å². The average molecular weight is 402 g/mol. The fraction of sp³-hybridized carbons (Fsp3) is 0.240. The minimum absolute atomic E-state index is 0.211. The number of amides is 1. The molecule has 2 atom stereocenters. The SMILES string of the molecule is O=C(OCc1ccccc1)N1C[C@H](O)[C@@H](N(Cc2ccccc2)c2ccccc2)C1. The van der Waals surface area contributed by atoms with E-state index in [1.807, 2.05) is 78.9 Å². The van der Waals surface area contributed by atoms with Crippen molar-refractivity contribution in [2.24, 2.45) is 0 Å². The van der Waals surface area contributed by atoms with E-state index in [1.54, 1.807) is 4.90 Å². The Morgan fingerprint density at radius 2 is 1.43 bits per heavy atom. The molecule has 154 valence electrons. The van der Waals surface area contributed by atoms with Crippen molar-refractivity contribution < 1.29 is 14.6 Å². The summed E-state index contributed by atoms with van der Waals surface area (Å²) in [6.07, 6.45) is -1.05. The standard InChI is InChI=1S/C25H26N2O3/c28-24-18-26(25(29)30-19-21-12-6-2-7-13-21)17-23(24)27(22-14-8-3-9-15-22)16-20-10-4-1-5-11-20/h1-15,23-24,28H,16-19H2/t23-,24-/m0/s1. The summed E-state index contributed by atoms with van der Waals surface area (Å²) in [5.74, 6) is 0.